The van der Waals surface area contributed by atoms with Crippen LogP contribution < -0.4 is 5.32 Å². The van der Waals surface area contributed by atoms with Crippen LogP contribution in [0.5, 0.6) is 0 Å². The van der Waals surface area contributed by atoms with Gasteiger partial charge >= 0.3 is 0 Å². The van der Waals surface area contributed by atoms with Gasteiger partial charge in [-0.05, 0) is 24.6 Å². The molecule has 0 aliphatic heterocycles. The Labute approximate surface area is 127 Å². The molecular formula is C17H14FN3O. The second-order valence-corrected chi connectivity index (χ2v) is 4.94. The van der Waals surface area contributed by atoms with Gasteiger partial charge in [0.05, 0.1) is 17.5 Å². The van der Waals surface area contributed by atoms with Crippen molar-refractivity contribution in [2.75, 3.05) is 5.32 Å². The predicted molar refractivity (Wildman–Crippen MR) is 83.1 cm³/mol. The summed E-state index contributed by atoms with van der Waals surface area (Å²) in [6.45, 7) is 1.67. The Morgan fingerprint density at radius 3 is 2.68 bits per heavy atom. The minimum atomic E-state index is -0.353. The molecule has 1 amide bonds. The van der Waals surface area contributed by atoms with Gasteiger partial charge in [-0.1, -0.05) is 36.4 Å². The lowest BCUT2D eigenvalue weighted by Crippen LogP contribution is -2.12. The Morgan fingerprint density at radius 2 is 1.95 bits per heavy atom. The van der Waals surface area contributed by atoms with Crippen molar-refractivity contribution in [2.45, 2.75) is 6.92 Å². The number of nitrogens with one attached hydrogen (secondary N) is 2. The van der Waals surface area contributed by atoms with Crippen LogP contribution in [0.4, 0.5) is 10.1 Å². The average molecular weight is 295 g/mol. The minimum absolute atomic E-state index is 0.337. The van der Waals surface area contributed by atoms with Gasteiger partial charge in [-0.2, -0.15) is 5.10 Å². The van der Waals surface area contributed by atoms with Crippen molar-refractivity contribution in [3.63, 3.8) is 0 Å². The van der Waals surface area contributed by atoms with E-state index in [1.165, 1.54) is 12.3 Å². The number of carbonyl (C=O) groups excluding carboxylic acids is 1. The van der Waals surface area contributed by atoms with Crippen LogP contribution >= 0.6 is 0 Å². The highest BCUT2D eigenvalue weighted by Gasteiger charge is 2.15. The molecule has 22 heavy (non-hydrogen) atoms. The normalized spacial score (nSPS) is 10.5. The molecule has 0 spiro atoms. The smallest absolute Gasteiger partial charge is 0.259 e. The number of rotatable bonds is 3. The molecule has 3 aromatic rings. The Bertz CT molecular complexity index is 812. The quantitative estimate of drug-likeness (QED) is 0.772. The van der Waals surface area contributed by atoms with E-state index in [4.69, 9.17) is 0 Å². The van der Waals surface area contributed by atoms with Gasteiger partial charge in [0.25, 0.3) is 5.91 Å². The molecule has 0 radical (unpaired) electrons. The fourth-order valence-corrected chi connectivity index (χ4v) is 2.15. The van der Waals surface area contributed by atoms with Crippen LogP contribution in [0.3, 0.4) is 0 Å². The van der Waals surface area contributed by atoms with E-state index in [1.807, 2.05) is 30.3 Å². The monoisotopic (exact) mass is 295 g/mol. The molecule has 0 fully saturated rings. The number of hydrogen-bond acceptors (Lipinski definition) is 2. The summed E-state index contributed by atoms with van der Waals surface area (Å²) in [5.41, 5.74) is 2.85. The lowest BCUT2D eigenvalue weighted by molar-refractivity contribution is 0.102. The number of halogens is 1. The number of carbonyl (C=O) groups is 1. The Hall–Kier alpha value is -2.95. The average Bonchev–Trinajstić information content (AvgIpc) is 3.01. The van der Waals surface area contributed by atoms with Gasteiger partial charge in [0.2, 0.25) is 0 Å². The standard InChI is InChI=1S/C17H14FN3O/c1-11-7-8-13(9-15(11)18)20-17(22)14-10-19-21-16(14)12-5-3-2-4-6-12/h2-10H,1H3,(H,19,21)(H,20,22). The number of nitrogens with zero attached hydrogens (tertiary/aromatic N) is 1. The third-order valence-electron chi connectivity index (χ3n) is 3.38. The molecule has 0 atom stereocenters. The highest BCUT2D eigenvalue weighted by atomic mass is 19.1. The SMILES string of the molecule is Cc1ccc(NC(=O)c2cn[nH]c2-c2ccccc2)cc1F. The molecule has 110 valence electrons. The molecule has 0 aliphatic carbocycles. The number of benzene rings is 2. The topological polar surface area (TPSA) is 57.8 Å². The first-order valence-corrected chi connectivity index (χ1v) is 6.81. The lowest BCUT2D eigenvalue weighted by atomic mass is 10.1. The zero-order valence-electron chi connectivity index (χ0n) is 11.9. The van der Waals surface area contributed by atoms with Crippen molar-refractivity contribution in [1.29, 1.82) is 0 Å². The van der Waals surface area contributed by atoms with E-state index in [1.54, 1.807) is 19.1 Å². The van der Waals surface area contributed by atoms with Crippen molar-refractivity contribution in [1.82, 2.24) is 10.2 Å². The molecule has 0 saturated heterocycles. The van der Waals surface area contributed by atoms with Gasteiger partial charge in [0, 0.05) is 11.3 Å². The van der Waals surface area contributed by atoms with Crippen LogP contribution in [0.1, 0.15) is 15.9 Å². The third kappa shape index (κ3) is 2.74. The number of amides is 1. The van der Waals surface area contributed by atoms with Crippen LogP contribution in [-0.4, -0.2) is 16.1 Å². The second-order valence-electron chi connectivity index (χ2n) is 4.94. The zero-order chi connectivity index (χ0) is 15.5. The molecule has 0 saturated carbocycles. The molecule has 5 heteroatoms. The van der Waals surface area contributed by atoms with Crippen LogP contribution in [0.25, 0.3) is 11.3 Å². The van der Waals surface area contributed by atoms with Crippen molar-refractivity contribution in [2.24, 2.45) is 0 Å². The number of aryl methyl sites for hydroxylation is 1. The summed E-state index contributed by atoms with van der Waals surface area (Å²) in [4.78, 5) is 12.4. The number of aromatic amines is 1. The van der Waals surface area contributed by atoms with Crippen molar-refractivity contribution in [3.05, 3.63) is 71.7 Å². The van der Waals surface area contributed by atoms with Gasteiger partial charge in [0.1, 0.15) is 5.82 Å². The largest absolute Gasteiger partial charge is 0.322 e. The summed E-state index contributed by atoms with van der Waals surface area (Å²) in [5.74, 6) is -0.691. The molecular weight excluding hydrogens is 281 g/mol. The van der Waals surface area contributed by atoms with E-state index in [0.717, 1.165) is 5.56 Å². The van der Waals surface area contributed by atoms with Gasteiger partial charge in [-0.25, -0.2) is 4.39 Å². The molecule has 2 aromatic carbocycles. The summed E-state index contributed by atoms with van der Waals surface area (Å²) in [6.07, 6.45) is 1.46. The molecule has 0 aliphatic rings. The molecule has 1 heterocycles. The first kappa shape index (κ1) is 14.0. The summed E-state index contributed by atoms with van der Waals surface area (Å²) in [6, 6.07) is 14.0. The van der Waals surface area contributed by atoms with Crippen LogP contribution in [-0.2, 0) is 0 Å². The number of anilines is 1. The van der Waals surface area contributed by atoms with E-state index in [-0.39, 0.29) is 11.7 Å². The van der Waals surface area contributed by atoms with E-state index < -0.39 is 0 Å². The number of hydrogen-bond donors (Lipinski definition) is 2. The minimum Gasteiger partial charge on any atom is -0.322 e. The number of H-pyrrole nitrogens is 1. The molecule has 4 nitrogen and oxygen atoms in total. The molecule has 2 N–H and O–H groups in total. The molecule has 0 bridgehead atoms. The maximum atomic E-state index is 13.5. The fraction of sp³-hybridized carbons (Fsp3) is 0.0588. The van der Waals surface area contributed by atoms with E-state index in [0.29, 0.717) is 22.5 Å². The van der Waals surface area contributed by atoms with E-state index in [2.05, 4.69) is 15.5 Å². The maximum Gasteiger partial charge on any atom is 0.259 e. The number of aromatic nitrogens is 2. The Balaban J connectivity index is 1.87. The van der Waals surface area contributed by atoms with Crippen molar-refractivity contribution >= 4 is 11.6 Å². The molecule has 0 unspecified atom stereocenters. The van der Waals surface area contributed by atoms with Crippen LogP contribution in [0.2, 0.25) is 0 Å². The van der Waals surface area contributed by atoms with E-state index in [9.17, 15) is 9.18 Å². The maximum absolute atomic E-state index is 13.5. The van der Waals surface area contributed by atoms with Gasteiger partial charge in [-0.15, -0.1) is 0 Å². The summed E-state index contributed by atoms with van der Waals surface area (Å²) in [7, 11) is 0. The second kappa shape index (κ2) is 5.81. The van der Waals surface area contributed by atoms with Gasteiger partial charge in [-0.3, -0.25) is 9.89 Å². The third-order valence-corrected chi connectivity index (χ3v) is 3.38. The van der Waals surface area contributed by atoms with Gasteiger partial charge < -0.3 is 5.32 Å². The predicted octanol–water partition coefficient (Wildman–Crippen LogP) is 3.78. The lowest BCUT2D eigenvalue weighted by Gasteiger charge is -2.07. The summed E-state index contributed by atoms with van der Waals surface area (Å²) in [5, 5.41) is 9.44. The van der Waals surface area contributed by atoms with Crippen LogP contribution in [0, 0.1) is 12.7 Å². The van der Waals surface area contributed by atoms with Gasteiger partial charge in [0.15, 0.2) is 0 Å². The first-order valence-electron chi connectivity index (χ1n) is 6.81. The summed E-state index contributed by atoms with van der Waals surface area (Å²) < 4.78 is 13.5. The van der Waals surface area contributed by atoms with E-state index >= 15 is 0 Å². The zero-order valence-corrected chi connectivity index (χ0v) is 11.9. The summed E-state index contributed by atoms with van der Waals surface area (Å²) >= 11 is 0. The fourth-order valence-electron chi connectivity index (χ4n) is 2.15. The Morgan fingerprint density at radius 1 is 1.18 bits per heavy atom. The molecule has 1 aromatic heterocycles. The highest BCUT2D eigenvalue weighted by Crippen LogP contribution is 2.22. The Kier molecular flexibility index (Phi) is 3.70. The van der Waals surface area contributed by atoms with Crippen molar-refractivity contribution in [3.8, 4) is 11.3 Å². The molecule has 3 rings (SSSR count). The highest BCUT2D eigenvalue weighted by molar-refractivity contribution is 6.07. The van der Waals surface area contributed by atoms with Crippen LogP contribution in [0.15, 0.2) is 54.7 Å². The first-order chi connectivity index (χ1) is 10.6. The van der Waals surface area contributed by atoms with Crippen molar-refractivity contribution < 1.29 is 9.18 Å².